The molecule has 4 aromatic rings. The molecule has 4 heteroatoms. The van der Waals surface area contributed by atoms with Gasteiger partial charge in [-0.05, 0) is 51.7 Å². The SMILES string of the molecule is O=C(CCCC(=O)Cc1ccc(Br)cc1)CN=Cc1c2ccccc2cc2ccccc12. The highest BCUT2D eigenvalue weighted by atomic mass is 79.9. The molecule has 0 fully saturated rings. The van der Waals surface area contributed by atoms with Gasteiger partial charge in [-0.15, -0.1) is 0 Å². The van der Waals surface area contributed by atoms with Gasteiger partial charge < -0.3 is 0 Å². The molecule has 0 radical (unpaired) electrons. The first-order valence-corrected chi connectivity index (χ1v) is 11.6. The lowest BCUT2D eigenvalue weighted by Crippen LogP contribution is -2.07. The summed E-state index contributed by atoms with van der Waals surface area (Å²) in [5, 5.41) is 4.56. The first-order valence-electron chi connectivity index (χ1n) is 10.8. The van der Waals surface area contributed by atoms with Gasteiger partial charge >= 0.3 is 0 Å². The number of carbonyl (C=O) groups excluding carboxylic acids is 2. The second kappa shape index (κ2) is 10.5. The summed E-state index contributed by atoms with van der Waals surface area (Å²) >= 11 is 3.39. The summed E-state index contributed by atoms with van der Waals surface area (Å²) in [5.41, 5.74) is 2.03. The van der Waals surface area contributed by atoms with Crippen molar-refractivity contribution in [2.24, 2.45) is 4.99 Å². The Bertz CT molecular complexity index is 1240. The fraction of sp³-hybridized carbons (Fsp3) is 0.179. The van der Waals surface area contributed by atoms with Crippen LogP contribution in [0.4, 0.5) is 0 Å². The monoisotopic (exact) mass is 485 g/mol. The van der Waals surface area contributed by atoms with Crippen molar-refractivity contribution in [1.29, 1.82) is 0 Å². The highest BCUT2D eigenvalue weighted by molar-refractivity contribution is 9.10. The molecule has 0 aromatic heterocycles. The molecule has 0 aliphatic rings. The van der Waals surface area contributed by atoms with Gasteiger partial charge in [-0.25, -0.2) is 0 Å². The zero-order valence-electron chi connectivity index (χ0n) is 17.8. The third-order valence-electron chi connectivity index (χ3n) is 5.53. The molecule has 0 saturated heterocycles. The summed E-state index contributed by atoms with van der Waals surface area (Å²) in [6.45, 7) is 0.137. The Morgan fingerprint density at radius 3 is 2.03 bits per heavy atom. The molecule has 160 valence electrons. The minimum Gasteiger partial charge on any atom is -0.299 e. The van der Waals surface area contributed by atoms with Gasteiger partial charge in [0.1, 0.15) is 5.78 Å². The summed E-state index contributed by atoms with van der Waals surface area (Å²) in [6.07, 6.45) is 3.59. The number of hydrogen-bond donors (Lipinski definition) is 0. The molecule has 3 nitrogen and oxygen atoms in total. The minimum absolute atomic E-state index is 0.0576. The largest absolute Gasteiger partial charge is 0.299 e. The van der Waals surface area contributed by atoms with Crippen LogP contribution in [0.1, 0.15) is 30.4 Å². The van der Waals surface area contributed by atoms with Crippen LogP contribution in [0.25, 0.3) is 21.5 Å². The van der Waals surface area contributed by atoms with Crippen LogP contribution in [0.5, 0.6) is 0 Å². The van der Waals surface area contributed by atoms with E-state index in [1.54, 1.807) is 0 Å². The first kappa shape index (κ1) is 22.1. The Hall–Kier alpha value is -3.11. The van der Waals surface area contributed by atoms with Crippen molar-refractivity contribution in [3.8, 4) is 0 Å². The van der Waals surface area contributed by atoms with E-state index < -0.39 is 0 Å². The van der Waals surface area contributed by atoms with Crippen molar-refractivity contribution in [2.45, 2.75) is 25.7 Å². The topological polar surface area (TPSA) is 46.5 Å². The van der Waals surface area contributed by atoms with Crippen LogP contribution >= 0.6 is 15.9 Å². The average molecular weight is 486 g/mol. The minimum atomic E-state index is 0.0576. The molecule has 4 aromatic carbocycles. The number of nitrogens with zero attached hydrogens (tertiary/aromatic N) is 1. The van der Waals surface area contributed by atoms with Gasteiger partial charge in [0.15, 0.2) is 5.78 Å². The zero-order valence-corrected chi connectivity index (χ0v) is 19.3. The van der Waals surface area contributed by atoms with E-state index in [1.807, 2.05) is 54.7 Å². The molecule has 0 spiro atoms. The molecule has 0 N–H and O–H groups in total. The van der Waals surface area contributed by atoms with Gasteiger partial charge in [-0.2, -0.15) is 0 Å². The molecule has 32 heavy (non-hydrogen) atoms. The number of hydrogen-bond acceptors (Lipinski definition) is 3. The van der Waals surface area contributed by atoms with E-state index in [2.05, 4.69) is 51.3 Å². The van der Waals surface area contributed by atoms with E-state index >= 15 is 0 Å². The van der Waals surface area contributed by atoms with Gasteiger partial charge in [0, 0.05) is 35.5 Å². The fourth-order valence-electron chi connectivity index (χ4n) is 3.91. The molecule has 0 aliphatic carbocycles. The van der Waals surface area contributed by atoms with Crippen molar-refractivity contribution >= 4 is 55.3 Å². The molecular formula is C28H24BrNO2. The van der Waals surface area contributed by atoms with Gasteiger partial charge in [-0.3, -0.25) is 14.6 Å². The molecule has 0 amide bonds. The van der Waals surface area contributed by atoms with Crippen LogP contribution in [-0.4, -0.2) is 24.3 Å². The summed E-state index contributed by atoms with van der Waals surface area (Å²) in [6, 6.07) is 26.4. The van der Waals surface area contributed by atoms with Gasteiger partial charge in [-0.1, -0.05) is 76.6 Å². The van der Waals surface area contributed by atoms with E-state index in [9.17, 15) is 9.59 Å². The molecule has 0 atom stereocenters. The van der Waals surface area contributed by atoms with Crippen molar-refractivity contribution in [3.05, 3.63) is 94.5 Å². The standard InChI is InChI=1S/C28H24BrNO2/c29-23-14-12-20(13-15-23)16-24(31)8-5-9-25(32)18-30-19-28-26-10-3-1-6-21(26)17-22-7-2-4-11-27(22)28/h1-4,6-7,10-15,17,19H,5,8-9,16,18H2. The predicted octanol–water partition coefficient (Wildman–Crippen LogP) is 6.73. The number of benzene rings is 4. The smallest absolute Gasteiger partial charge is 0.154 e. The van der Waals surface area contributed by atoms with Crippen molar-refractivity contribution in [1.82, 2.24) is 0 Å². The van der Waals surface area contributed by atoms with E-state index in [-0.39, 0.29) is 18.1 Å². The molecule has 0 aliphatic heterocycles. The van der Waals surface area contributed by atoms with E-state index in [0.29, 0.717) is 25.7 Å². The van der Waals surface area contributed by atoms with Crippen LogP contribution in [0, 0.1) is 0 Å². The van der Waals surface area contributed by atoms with Crippen molar-refractivity contribution in [2.75, 3.05) is 6.54 Å². The summed E-state index contributed by atoms with van der Waals surface area (Å²) in [4.78, 5) is 28.9. The summed E-state index contributed by atoms with van der Waals surface area (Å²) in [5.74, 6) is 0.216. The van der Waals surface area contributed by atoms with Gasteiger partial charge in [0.25, 0.3) is 0 Å². The lowest BCUT2D eigenvalue weighted by Gasteiger charge is -2.07. The highest BCUT2D eigenvalue weighted by Gasteiger charge is 2.08. The molecule has 4 rings (SSSR count). The maximum Gasteiger partial charge on any atom is 0.154 e. The summed E-state index contributed by atoms with van der Waals surface area (Å²) < 4.78 is 0.997. The molecule has 0 unspecified atom stereocenters. The van der Waals surface area contributed by atoms with Crippen LogP contribution in [0.15, 0.2) is 88.3 Å². The van der Waals surface area contributed by atoms with Crippen LogP contribution in [0.2, 0.25) is 0 Å². The molecule has 0 saturated carbocycles. The lowest BCUT2D eigenvalue weighted by molar-refractivity contribution is -0.119. The Balaban J connectivity index is 1.34. The number of carbonyl (C=O) groups is 2. The average Bonchev–Trinajstić information content (AvgIpc) is 2.80. The predicted molar refractivity (Wildman–Crippen MR) is 136 cm³/mol. The summed E-state index contributed by atoms with van der Waals surface area (Å²) in [7, 11) is 0. The normalized spacial score (nSPS) is 11.4. The highest BCUT2D eigenvalue weighted by Crippen LogP contribution is 2.27. The number of Topliss-reactive ketones (excluding diaryl/α,β-unsaturated/α-hetero) is 2. The molecule has 0 bridgehead atoms. The number of halogens is 1. The first-order chi connectivity index (χ1) is 15.6. The number of ketones is 2. The number of aliphatic imine (C=N–C) groups is 1. The van der Waals surface area contributed by atoms with E-state index in [0.717, 1.165) is 37.1 Å². The van der Waals surface area contributed by atoms with Crippen LogP contribution in [-0.2, 0) is 16.0 Å². The maximum absolute atomic E-state index is 12.3. The Morgan fingerprint density at radius 1 is 0.781 bits per heavy atom. The van der Waals surface area contributed by atoms with Gasteiger partial charge in [0.05, 0.1) is 6.54 Å². The Kier molecular flexibility index (Phi) is 7.23. The molecule has 0 heterocycles. The van der Waals surface area contributed by atoms with Crippen molar-refractivity contribution < 1.29 is 9.59 Å². The number of rotatable bonds is 9. The zero-order chi connectivity index (χ0) is 22.3. The van der Waals surface area contributed by atoms with Crippen LogP contribution in [0.3, 0.4) is 0 Å². The molecular weight excluding hydrogens is 462 g/mol. The third kappa shape index (κ3) is 5.57. The second-order valence-corrected chi connectivity index (χ2v) is 8.85. The maximum atomic E-state index is 12.3. The fourth-order valence-corrected chi connectivity index (χ4v) is 4.17. The van der Waals surface area contributed by atoms with E-state index in [1.165, 1.54) is 0 Å². The van der Waals surface area contributed by atoms with Gasteiger partial charge in [0.2, 0.25) is 0 Å². The van der Waals surface area contributed by atoms with E-state index in [4.69, 9.17) is 0 Å². The Labute approximate surface area is 196 Å². The number of fused-ring (bicyclic) bond motifs is 2. The Morgan fingerprint density at radius 2 is 1.38 bits per heavy atom. The van der Waals surface area contributed by atoms with Crippen molar-refractivity contribution in [3.63, 3.8) is 0 Å². The second-order valence-electron chi connectivity index (χ2n) is 7.94. The van der Waals surface area contributed by atoms with Crippen LogP contribution < -0.4 is 0 Å². The third-order valence-corrected chi connectivity index (χ3v) is 6.06. The lowest BCUT2D eigenvalue weighted by atomic mass is 9.97. The quantitative estimate of drug-likeness (QED) is 0.195.